The monoisotopic (exact) mass is 266 g/mol. The summed E-state index contributed by atoms with van der Waals surface area (Å²) in [5, 5.41) is 9.36. The highest BCUT2D eigenvalue weighted by atomic mass is 19.1. The number of methoxy groups -OCH3 is 1. The third-order valence-corrected chi connectivity index (χ3v) is 4.22. The van der Waals surface area contributed by atoms with Gasteiger partial charge in [0.1, 0.15) is 12.4 Å². The van der Waals surface area contributed by atoms with Crippen molar-refractivity contribution >= 4 is 0 Å². The van der Waals surface area contributed by atoms with Gasteiger partial charge in [-0.15, -0.1) is 0 Å². The molecule has 2 nitrogen and oxygen atoms in total. The standard InChI is InChI=1S/C16H23FO2/c1-19-16-8-6-14(7-9-16)13-4-2-12(3-5-13)10-15(18)11-17/h6-9,12-13,15,18H,2-5,10-11H2,1H3. The number of hydrogen-bond acceptors (Lipinski definition) is 2. The molecule has 3 heteroatoms. The van der Waals surface area contributed by atoms with Crippen molar-refractivity contribution < 1.29 is 14.2 Å². The van der Waals surface area contributed by atoms with Crippen molar-refractivity contribution in [3.8, 4) is 5.75 Å². The molecule has 0 saturated heterocycles. The van der Waals surface area contributed by atoms with Crippen LogP contribution in [0.3, 0.4) is 0 Å². The molecule has 0 amide bonds. The van der Waals surface area contributed by atoms with E-state index in [1.807, 2.05) is 12.1 Å². The minimum atomic E-state index is -0.762. The van der Waals surface area contributed by atoms with Gasteiger partial charge in [-0.3, -0.25) is 0 Å². The summed E-state index contributed by atoms with van der Waals surface area (Å²) >= 11 is 0. The maximum Gasteiger partial charge on any atom is 0.118 e. The third-order valence-electron chi connectivity index (χ3n) is 4.22. The van der Waals surface area contributed by atoms with Gasteiger partial charge in [0, 0.05) is 0 Å². The van der Waals surface area contributed by atoms with Crippen molar-refractivity contribution in [3.63, 3.8) is 0 Å². The molecule has 106 valence electrons. The Balaban J connectivity index is 1.85. The fourth-order valence-electron chi connectivity index (χ4n) is 3.06. The molecule has 0 radical (unpaired) electrons. The van der Waals surface area contributed by atoms with Crippen molar-refractivity contribution in [2.75, 3.05) is 13.8 Å². The van der Waals surface area contributed by atoms with E-state index >= 15 is 0 Å². The van der Waals surface area contributed by atoms with Gasteiger partial charge in [0.2, 0.25) is 0 Å². The van der Waals surface area contributed by atoms with Gasteiger partial charge in [0.05, 0.1) is 13.2 Å². The first-order valence-electron chi connectivity index (χ1n) is 7.11. The van der Waals surface area contributed by atoms with Gasteiger partial charge in [-0.25, -0.2) is 4.39 Å². The largest absolute Gasteiger partial charge is 0.497 e. The lowest BCUT2D eigenvalue weighted by Crippen LogP contribution is -2.20. The average Bonchev–Trinajstić information content (AvgIpc) is 2.48. The quantitative estimate of drug-likeness (QED) is 0.880. The van der Waals surface area contributed by atoms with Crippen LogP contribution in [0.25, 0.3) is 0 Å². The highest BCUT2D eigenvalue weighted by molar-refractivity contribution is 5.29. The molecule has 0 spiro atoms. The molecule has 1 fully saturated rings. The van der Waals surface area contributed by atoms with Gasteiger partial charge >= 0.3 is 0 Å². The summed E-state index contributed by atoms with van der Waals surface area (Å²) in [6.07, 6.45) is 4.31. The van der Waals surface area contributed by atoms with Crippen LogP contribution in [0.1, 0.15) is 43.6 Å². The topological polar surface area (TPSA) is 29.5 Å². The third kappa shape index (κ3) is 3.93. The van der Waals surface area contributed by atoms with Crippen LogP contribution in [-0.4, -0.2) is 25.0 Å². The smallest absolute Gasteiger partial charge is 0.118 e. The zero-order valence-electron chi connectivity index (χ0n) is 11.5. The second-order valence-corrected chi connectivity index (χ2v) is 5.53. The van der Waals surface area contributed by atoms with E-state index in [4.69, 9.17) is 4.74 Å². The Hall–Kier alpha value is -1.09. The molecule has 1 atom stereocenters. The van der Waals surface area contributed by atoms with Crippen LogP contribution in [0, 0.1) is 5.92 Å². The Morgan fingerprint density at radius 3 is 2.37 bits per heavy atom. The summed E-state index contributed by atoms with van der Waals surface area (Å²) in [4.78, 5) is 0. The molecule has 0 bridgehead atoms. The molecule has 0 heterocycles. The van der Waals surface area contributed by atoms with Gasteiger partial charge in [-0.05, 0) is 61.6 Å². The zero-order chi connectivity index (χ0) is 13.7. The predicted octanol–water partition coefficient (Wildman–Crippen LogP) is 3.69. The Morgan fingerprint density at radius 2 is 1.84 bits per heavy atom. The van der Waals surface area contributed by atoms with Crippen LogP contribution in [0.15, 0.2) is 24.3 Å². The van der Waals surface area contributed by atoms with Crippen molar-refractivity contribution in [1.29, 1.82) is 0 Å². The number of aliphatic hydroxyl groups is 1. The number of aliphatic hydroxyl groups excluding tert-OH is 1. The van der Waals surface area contributed by atoms with Crippen molar-refractivity contribution in [1.82, 2.24) is 0 Å². The molecule has 1 aromatic carbocycles. The minimum Gasteiger partial charge on any atom is -0.497 e. The van der Waals surface area contributed by atoms with Crippen LogP contribution in [0.5, 0.6) is 5.75 Å². The predicted molar refractivity (Wildman–Crippen MR) is 74.3 cm³/mol. The molecular weight excluding hydrogens is 243 g/mol. The molecule has 0 aliphatic heterocycles. The van der Waals surface area contributed by atoms with E-state index in [1.54, 1.807) is 7.11 Å². The van der Waals surface area contributed by atoms with Gasteiger partial charge in [-0.2, -0.15) is 0 Å². The molecule has 2 rings (SSSR count). The molecule has 0 aromatic heterocycles. The number of alkyl halides is 1. The zero-order valence-corrected chi connectivity index (χ0v) is 11.5. The van der Waals surface area contributed by atoms with Crippen LogP contribution in [0.4, 0.5) is 4.39 Å². The van der Waals surface area contributed by atoms with E-state index in [0.717, 1.165) is 31.4 Å². The normalized spacial score (nSPS) is 25.0. The highest BCUT2D eigenvalue weighted by Gasteiger charge is 2.24. The number of rotatable bonds is 5. The molecular formula is C16H23FO2. The van der Waals surface area contributed by atoms with Crippen molar-refractivity contribution in [2.45, 2.75) is 44.1 Å². The van der Waals surface area contributed by atoms with E-state index in [2.05, 4.69) is 12.1 Å². The number of benzene rings is 1. The molecule has 1 aliphatic rings. The molecule has 1 aromatic rings. The number of halogens is 1. The maximum atomic E-state index is 12.3. The van der Waals surface area contributed by atoms with E-state index in [9.17, 15) is 9.50 Å². The summed E-state index contributed by atoms with van der Waals surface area (Å²) in [5.74, 6) is 1.98. The van der Waals surface area contributed by atoms with E-state index in [-0.39, 0.29) is 0 Å². The van der Waals surface area contributed by atoms with Gasteiger partial charge in [0.15, 0.2) is 0 Å². The lowest BCUT2D eigenvalue weighted by molar-refractivity contribution is 0.101. The minimum absolute atomic E-state index is 0.486. The SMILES string of the molecule is COc1ccc(C2CCC(CC(O)CF)CC2)cc1. The van der Waals surface area contributed by atoms with Crippen molar-refractivity contribution in [3.05, 3.63) is 29.8 Å². The van der Waals surface area contributed by atoms with Crippen LogP contribution >= 0.6 is 0 Å². The van der Waals surface area contributed by atoms with Gasteiger partial charge in [0.25, 0.3) is 0 Å². The molecule has 1 saturated carbocycles. The first-order chi connectivity index (χ1) is 9.22. The Kier molecular flexibility index (Phi) is 5.20. The fourth-order valence-corrected chi connectivity index (χ4v) is 3.06. The summed E-state index contributed by atoms with van der Waals surface area (Å²) in [5.41, 5.74) is 1.37. The van der Waals surface area contributed by atoms with Crippen LogP contribution in [-0.2, 0) is 0 Å². The van der Waals surface area contributed by atoms with E-state index in [0.29, 0.717) is 18.3 Å². The summed E-state index contributed by atoms with van der Waals surface area (Å²) in [6, 6.07) is 8.29. The van der Waals surface area contributed by atoms with Gasteiger partial charge < -0.3 is 9.84 Å². The summed E-state index contributed by atoms with van der Waals surface area (Å²) < 4.78 is 17.5. The second kappa shape index (κ2) is 6.90. The first-order valence-corrected chi connectivity index (χ1v) is 7.11. The average molecular weight is 266 g/mol. The number of ether oxygens (including phenoxy) is 1. The summed E-state index contributed by atoms with van der Waals surface area (Å²) in [7, 11) is 1.68. The van der Waals surface area contributed by atoms with Crippen molar-refractivity contribution in [2.24, 2.45) is 5.92 Å². The Labute approximate surface area is 114 Å². The fraction of sp³-hybridized carbons (Fsp3) is 0.625. The van der Waals surface area contributed by atoms with E-state index < -0.39 is 12.8 Å². The molecule has 1 unspecified atom stereocenters. The highest BCUT2D eigenvalue weighted by Crippen LogP contribution is 2.37. The maximum absolute atomic E-state index is 12.3. The van der Waals surface area contributed by atoms with E-state index in [1.165, 1.54) is 5.56 Å². The first kappa shape index (κ1) is 14.3. The molecule has 1 aliphatic carbocycles. The van der Waals surface area contributed by atoms with Crippen LogP contribution < -0.4 is 4.74 Å². The molecule has 1 N–H and O–H groups in total. The summed E-state index contributed by atoms with van der Waals surface area (Å²) in [6.45, 7) is -0.613. The Morgan fingerprint density at radius 1 is 1.21 bits per heavy atom. The molecule has 19 heavy (non-hydrogen) atoms. The second-order valence-electron chi connectivity index (χ2n) is 5.53. The lowest BCUT2D eigenvalue weighted by Gasteiger charge is -2.29. The van der Waals surface area contributed by atoms with Gasteiger partial charge in [-0.1, -0.05) is 12.1 Å². The van der Waals surface area contributed by atoms with Crippen LogP contribution in [0.2, 0.25) is 0 Å². The lowest BCUT2D eigenvalue weighted by atomic mass is 9.77. The number of hydrogen-bond donors (Lipinski definition) is 1. The Bertz CT molecular complexity index is 369.